The molecule has 0 fully saturated rings. The smallest absolute Gasteiger partial charge is 0.282 e. The van der Waals surface area contributed by atoms with Gasteiger partial charge in [0.05, 0.1) is 21.6 Å². The van der Waals surface area contributed by atoms with Gasteiger partial charge in [0, 0.05) is 34.0 Å². The Morgan fingerprint density at radius 3 is 2.66 bits per heavy atom. The molecule has 0 aliphatic carbocycles. The molecule has 3 heterocycles. The van der Waals surface area contributed by atoms with Crippen LogP contribution in [0.25, 0.3) is 33.5 Å². The van der Waals surface area contributed by atoms with Crippen LogP contribution in [0.2, 0.25) is 0 Å². The van der Waals surface area contributed by atoms with Crippen LogP contribution in [0.3, 0.4) is 0 Å². The average molecular weight is 560 g/mol. The predicted octanol–water partition coefficient (Wildman–Crippen LogP) is 5.65. The first-order valence-corrected chi connectivity index (χ1v) is 10.5. The molecule has 3 aromatic heterocycles. The summed E-state index contributed by atoms with van der Waals surface area (Å²) in [5.41, 5.74) is 1.00. The molecule has 0 radical (unpaired) electrons. The first-order valence-electron chi connectivity index (χ1n) is 8.60. The lowest BCUT2D eigenvalue weighted by atomic mass is 10.2. The molecule has 0 saturated carbocycles. The summed E-state index contributed by atoms with van der Waals surface area (Å²) in [5, 5.41) is 5.76. The van der Waals surface area contributed by atoms with E-state index in [1.807, 2.05) is 36.4 Å². The number of para-hydroxylation sites is 2. The van der Waals surface area contributed by atoms with Gasteiger partial charge in [-0.15, -0.1) is 0 Å². The van der Waals surface area contributed by atoms with E-state index in [0.29, 0.717) is 37.6 Å². The fourth-order valence-corrected chi connectivity index (χ4v) is 3.74. The van der Waals surface area contributed by atoms with Crippen LogP contribution in [0, 0.1) is 3.77 Å². The molecule has 0 amide bonds. The number of nitrogens with zero attached hydrogens (tertiary/aromatic N) is 3. The van der Waals surface area contributed by atoms with Crippen molar-refractivity contribution in [2.45, 2.75) is 0 Å². The standard InChI is InChI=1S/C21H11BrIN3O3/c22-15-10-13(28-19(15)23)11-24-26-20(18-9-12-5-1-4-8-17(12)29-18)25-16-7-3-2-6-14(16)21(26)27/h1-11H. The van der Waals surface area contributed by atoms with E-state index in [4.69, 9.17) is 8.83 Å². The number of benzene rings is 2. The number of hydrogen-bond donors (Lipinski definition) is 0. The lowest BCUT2D eigenvalue weighted by Crippen LogP contribution is -2.20. The van der Waals surface area contributed by atoms with Crippen molar-refractivity contribution in [2.24, 2.45) is 5.10 Å². The summed E-state index contributed by atoms with van der Waals surface area (Å²) in [6, 6.07) is 18.4. The lowest BCUT2D eigenvalue weighted by Gasteiger charge is -2.06. The predicted molar refractivity (Wildman–Crippen MR) is 123 cm³/mol. The Morgan fingerprint density at radius 1 is 1.07 bits per heavy atom. The van der Waals surface area contributed by atoms with Gasteiger partial charge in [-0.2, -0.15) is 9.78 Å². The molecule has 0 N–H and O–H groups in total. The maximum atomic E-state index is 13.2. The highest BCUT2D eigenvalue weighted by Gasteiger charge is 2.16. The average Bonchev–Trinajstić information content (AvgIpc) is 3.30. The molecule has 5 aromatic rings. The van der Waals surface area contributed by atoms with Crippen molar-refractivity contribution in [1.29, 1.82) is 0 Å². The Morgan fingerprint density at radius 2 is 1.86 bits per heavy atom. The Kier molecular flexibility index (Phi) is 4.59. The van der Waals surface area contributed by atoms with E-state index < -0.39 is 0 Å². The third-order valence-corrected chi connectivity index (χ3v) is 6.50. The van der Waals surface area contributed by atoms with Crippen LogP contribution in [0.5, 0.6) is 0 Å². The van der Waals surface area contributed by atoms with Crippen LogP contribution >= 0.6 is 38.5 Å². The summed E-state index contributed by atoms with van der Waals surface area (Å²) in [5.74, 6) is 1.29. The molecule has 0 unspecified atom stereocenters. The molecule has 8 heteroatoms. The Bertz CT molecular complexity index is 1410. The zero-order chi connectivity index (χ0) is 20.0. The van der Waals surface area contributed by atoms with Crippen molar-refractivity contribution >= 4 is 66.6 Å². The fraction of sp³-hybridized carbons (Fsp3) is 0. The first kappa shape index (κ1) is 18.3. The van der Waals surface area contributed by atoms with Crippen LogP contribution in [0.4, 0.5) is 0 Å². The third kappa shape index (κ3) is 3.32. The summed E-state index contributed by atoms with van der Waals surface area (Å²) in [7, 11) is 0. The summed E-state index contributed by atoms with van der Waals surface area (Å²) < 4.78 is 14.3. The third-order valence-electron chi connectivity index (χ3n) is 4.36. The van der Waals surface area contributed by atoms with Crippen molar-refractivity contribution in [3.05, 3.63) is 85.0 Å². The number of hydrogen-bond acceptors (Lipinski definition) is 5. The SMILES string of the molecule is O=c1c2ccccc2nc(-c2cc3ccccc3o2)n1N=Cc1cc(Br)c(I)o1. The van der Waals surface area contributed by atoms with Crippen LogP contribution in [0.1, 0.15) is 5.76 Å². The van der Waals surface area contributed by atoms with Crippen LogP contribution in [0.15, 0.2) is 83.9 Å². The van der Waals surface area contributed by atoms with Crippen LogP contribution in [-0.2, 0) is 0 Å². The van der Waals surface area contributed by atoms with Gasteiger partial charge in [-0.05, 0) is 40.2 Å². The van der Waals surface area contributed by atoms with Gasteiger partial charge >= 0.3 is 0 Å². The normalized spacial score (nSPS) is 11.8. The summed E-state index contributed by atoms with van der Waals surface area (Å²) in [6.07, 6.45) is 1.48. The number of halogens is 2. The van der Waals surface area contributed by atoms with Crippen LogP contribution in [-0.4, -0.2) is 15.9 Å². The van der Waals surface area contributed by atoms with Gasteiger partial charge in [-0.3, -0.25) is 4.79 Å². The summed E-state index contributed by atoms with van der Waals surface area (Å²) in [4.78, 5) is 17.8. The fourth-order valence-electron chi connectivity index (χ4n) is 3.02. The zero-order valence-corrected chi connectivity index (χ0v) is 18.4. The van der Waals surface area contributed by atoms with E-state index in [9.17, 15) is 4.79 Å². The molecule has 0 atom stereocenters. The van der Waals surface area contributed by atoms with E-state index in [1.54, 1.807) is 24.3 Å². The van der Waals surface area contributed by atoms with E-state index in [2.05, 4.69) is 48.6 Å². The Balaban J connectivity index is 1.75. The van der Waals surface area contributed by atoms with Crippen molar-refractivity contribution < 1.29 is 8.83 Å². The first-order chi connectivity index (χ1) is 14.1. The zero-order valence-electron chi connectivity index (χ0n) is 14.7. The molecule has 29 heavy (non-hydrogen) atoms. The summed E-state index contributed by atoms with van der Waals surface area (Å²) >= 11 is 5.47. The molecule has 6 nitrogen and oxygen atoms in total. The molecule has 2 aromatic carbocycles. The number of rotatable bonds is 3. The minimum absolute atomic E-state index is 0.289. The quantitative estimate of drug-likeness (QED) is 0.211. The second-order valence-electron chi connectivity index (χ2n) is 6.23. The summed E-state index contributed by atoms with van der Waals surface area (Å²) in [6.45, 7) is 0. The van der Waals surface area contributed by atoms with E-state index in [-0.39, 0.29) is 5.56 Å². The second kappa shape index (κ2) is 7.27. The Hall–Kier alpha value is -2.72. The monoisotopic (exact) mass is 559 g/mol. The van der Waals surface area contributed by atoms with Gasteiger partial charge in [0.25, 0.3) is 5.56 Å². The van der Waals surface area contributed by atoms with Crippen molar-refractivity contribution in [1.82, 2.24) is 9.66 Å². The van der Waals surface area contributed by atoms with Crippen molar-refractivity contribution in [2.75, 3.05) is 0 Å². The highest BCUT2D eigenvalue weighted by atomic mass is 127. The van der Waals surface area contributed by atoms with Gasteiger partial charge < -0.3 is 8.83 Å². The molecule has 0 spiro atoms. The van der Waals surface area contributed by atoms with Crippen LogP contribution < -0.4 is 5.56 Å². The largest absolute Gasteiger partial charge is 0.453 e. The van der Waals surface area contributed by atoms with Crippen molar-refractivity contribution in [3.63, 3.8) is 0 Å². The maximum Gasteiger partial charge on any atom is 0.282 e. The molecule has 0 saturated heterocycles. The van der Waals surface area contributed by atoms with Gasteiger partial charge in [0.15, 0.2) is 9.53 Å². The molecule has 0 aliphatic heterocycles. The van der Waals surface area contributed by atoms with E-state index in [0.717, 1.165) is 9.86 Å². The minimum Gasteiger partial charge on any atom is -0.453 e. The molecule has 5 rings (SSSR count). The molecular weight excluding hydrogens is 549 g/mol. The highest BCUT2D eigenvalue weighted by Crippen LogP contribution is 2.27. The van der Waals surface area contributed by atoms with Gasteiger partial charge in [0.1, 0.15) is 11.3 Å². The van der Waals surface area contributed by atoms with Gasteiger partial charge in [-0.1, -0.05) is 30.3 Å². The maximum absolute atomic E-state index is 13.2. The molecule has 0 bridgehead atoms. The highest BCUT2D eigenvalue weighted by molar-refractivity contribution is 14.1. The second-order valence-corrected chi connectivity index (χ2v) is 8.07. The Labute approximate surface area is 186 Å². The molecular formula is C21H11BrIN3O3. The molecule has 142 valence electrons. The number of furan rings is 2. The van der Waals surface area contributed by atoms with Gasteiger partial charge in [0.2, 0.25) is 5.82 Å². The molecule has 0 aliphatic rings. The lowest BCUT2D eigenvalue weighted by molar-refractivity contribution is 0.529. The minimum atomic E-state index is -0.289. The van der Waals surface area contributed by atoms with E-state index >= 15 is 0 Å². The van der Waals surface area contributed by atoms with E-state index in [1.165, 1.54) is 10.9 Å². The van der Waals surface area contributed by atoms with Crippen molar-refractivity contribution in [3.8, 4) is 11.6 Å². The number of aromatic nitrogens is 2. The number of fused-ring (bicyclic) bond motifs is 2. The topological polar surface area (TPSA) is 73.5 Å². The van der Waals surface area contributed by atoms with Gasteiger partial charge in [-0.25, -0.2) is 4.98 Å².